The quantitative estimate of drug-likeness (QED) is 0.856. The van der Waals surface area contributed by atoms with E-state index in [1.54, 1.807) is 13.8 Å². The Hall–Kier alpha value is -2.94. The first-order valence-electron chi connectivity index (χ1n) is 7.77. The number of fused-ring (bicyclic) bond motifs is 1. The van der Waals surface area contributed by atoms with Gasteiger partial charge in [0.15, 0.2) is 0 Å². The molecule has 0 aromatic heterocycles. The van der Waals surface area contributed by atoms with Crippen LogP contribution in [0.3, 0.4) is 0 Å². The van der Waals surface area contributed by atoms with Gasteiger partial charge in [0, 0.05) is 6.42 Å². The van der Waals surface area contributed by atoms with E-state index in [1.165, 1.54) is 0 Å². The summed E-state index contributed by atoms with van der Waals surface area (Å²) in [7, 11) is 0. The Morgan fingerprint density at radius 2 is 2.29 bits per heavy atom. The second-order valence-corrected chi connectivity index (χ2v) is 5.58. The van der Waals surface area contributed by atoms with Gasteiger partial charge in [0.25, 0.3) is 0 Å². The molecule has 0 saturated carbocycles. The molecule has 6 heteroatoms. The summed E-state index contributed by atoms with van der Waals surface area (Å²) in [5, 5.41) is 9.54. The maximum Gasteiger partial charge on any atom is 0.338 e. The van der Waals surface area contributed by atoms with Crippen LogP contribution in [0.1, 0.15) is 30.9 Å². The largest absolute Gasteiger partial charge is 0.493 e. The average molecular weight is 326 g/mol. The molecule has 1 aromatic carbocycles. The molecule has 0 aliphatic carbocycles. The predicted octanol–water partition coefficient (Wildman–Crippen LogP) is 2.27. The second-order valence-electron chi connectivity index (χ2n) is 5.58. The first-order chi connectivity index (χ1) is 11.6. The summed E-state index contributed by atoms with van der Waals surface area (Å²) >= 11 is 0. The lowest BCUT2D eigenvalue weighted by Gasteiger charge is -2.27. The van der Waals surface area contributed by atoms with Crippen LogP contribution in [0, 0.1) is 11.3 Å². The van der Waals surface area contributed by atoms with E-state index in [9.17, 15) is 10.1 Å². The maximum absolute atomic E-state index is 12.4. The van der Waals surface area contributed by atoms with Crippen LogP contribution in [0.4, 0.5) is 0 Å². The fourth-order valence-corrected chi connectivity index (χ4v) is 3.07. The fraction of sp³-hybridized carbons (Fsp3) is 0.333. The maximum atomic E-state index is 12.4. The van der Waals surface area contributed by atoms with Crippen LogP contribution in [0.5, 0.6) is 5.75 Å². The molecule has 2 N–H and O–H groups in total. The van der Waals surface area contributed by atoms with Gasteiger partial charge in [-0.3, -0.25) is 0 Å². The van der Waals surface area contributed by atoms with Gasteiger partial charge in [0.1, 0.15) is 23.2 Å². The average Bonchev–Trinajstić information content (AvgIpc) is 3.01. The van der Waals surface area contributed by atoms with E-state index in [0.29, 0.717) is 17.9 Å². The lowest BCUT2D eigenvalue weighted by atomic mass is 9.82. The molecule has 2 aliphatic rings. The third-order valence-corrected chi connectivity index (χ3v) is 4.15. The molecule has 1 aromatic rings. The highest BCUT2D eigenvalue weighted by Crippen LogP contribution is 2.41. The van der Waals surface area contributed by atoms with E-state index in [-0.39, 0.29) is 18.1 Å². The lowest BCUT2D eigenvalue weighted by Crippen LogP contribution is -2.25. The van der Waals surface area contributed by atoms with Gasteiger partial charge in [0.2, 0.25) is 5.88 Å². The van der Waals surface area contributed by atoms with Crippen LogP contribution in [0.2, 0.25) is 0 Å². The number of benzene rings is 1. The SMILES string of the molecule is CCOC(=O)C1=C(C)OC(N)=C(C#N)C1c1ccc2c(c1)CCO2. The van der Waals surface area contributed by atoms with Crippen molar-refractivity contribution in [3.8, 4) is 11.8 Å². The van der Waals surface area contributed by atoms with Crippen LogP contribution in [-0.2, 0) is 20.7 Å². The van der Waals surface area contributed by atoms with E-state index in [2.05, 4.69) is 6.07 Å². The standard InChI is InChI=1S/C18H18N2O4/c1-3-22-18(21)15-10(2)24-17(20)13(9-19)16(15)12-4-5-14-11(8-12)6-7-23-14/h4-5,8,16H,3,6-7,20H2,1-2H3. The van der Waals surface area contributed by atoms with Crippen molar-refractivity contribution in [2.75, 3.05) is 13.2 Å². The first-order valence-corrected chi connectivity index (χ1v) is 7.77. The molecular weight excluding hydrogens is 308 g/mol. The van der Waals surface area contributed by atoms with Crippen LogP contribution in [0.15, 0.2) is 41.0 Å². The third-order valence-electron chi connectivity index (χ3n) is 4.15. The van der Waals surface area contributed by atoms with Gasteiger partial charge in [-0.25, -0.2) is 4.79 Å². The summed E-state index contributed by atoms with van der Waals surface area (Å²) in [6, 6.07) is 7.73. The molecule has 2 heterocycles. The zero-order valence-corrected chi connectivity index (χ0v) is 13.6. The van der Waals surface area contributed by atoms with Gasteiger partial charge in [-0.05, 0) is 31.0 Å². The number of ether oxygens (including phenoxy) is 3. The summed E-state index contributed by atoms with van der Waals surface area (Å²) in [6.07, 6.45) is 0.797. The topological polar surface area (TPSA) is 94.6 Å². The summed E-state index contributed by atoms with van der Waals surface area (Å²) in [5.74, 6) is 0.0989. The highest BCUT2D eigenvalue weighted by molar-refractivity contribution is 5.92. The molecule has 0 spiro atoms. The minimum Gasteiger partial charge on any atom is -0.493 e. The van der Waals surface area contributed by atoms with E-state index >= 15 is 0 Å². The number of hydrogen-bond donors (Lipinski definition) is 1. The molecule has 3 rings (SSSR count). The normalized spacial score (nSPS) is 19.3. The van der Waals surface area contributed by atoms with Gasteiger partial charge in [-0.2, -0.15) is 5.26 Å². The summed E-state index contributed by atoms with van der Waals surface area (Å²) < 4.78 is 16.1. The number of nitriles is 1. The van der Waals surface area contributed by atoms with Crippen LogP contribution in [0.25, 0.3) is 0 Å². The molecule has 0 saturated heterocycles. The minimum absolute atomic E-state index is 0.0183. The van der Waals surface area contributed by atoms with Crippen molar-refractivity contribution in [2.45, 2.75) is 26.2 Å². The Bertz CT molecular complexity index is 802. The molecule has 0 amide bonds. The number of nitrogens with two attached hydrogens (primary N) is 1. The van der Waals surface area contributed by atoms with Gasteiger partial charge >= 0.3 is 5.97 Å². The molecule has 1 unspecified atom stereocenters. The fourth-order valence-electron chi connectivity index (χ4n) is 3.07. The lowest BCUT2D eigenvalue weighted by molar-refractivity contribution is -0.139. The van der Waals surface area contributed by atoms with Crippen molar-refractivity contribution in [2.24, 2.45) is 5.73 Å². The Balaban J connectivity index is 2.13. The van der Waals surface area contributed by atoms with E-state index in [1.807, 2.05) is 18.2 Å². The van der Waals surface area contributed by atoms with E-state index < -0.39 is 11.9 Å². The highest BCUT2D eigenvalue weighted by atomic mass is 16.5. The molecule has 2 aliphatic heterocycles. The third kappa shape index (κ3) is 2.58. The Morgan fingerprint density at radius 3 is 3.00 bits per heavy atom. The van der Waals surface area contributed by atoms with Crippen molar-refractivity contribution < 1.29 is 19.0 Å². The highest BCUT2D eigenvalue weighted by Gasteiger charge is 2.36. The number of rotatable bonds is 3. The second kappa shape index (κ2) is 6.28. The Morgan fingerprint density at radius 1 is 1.50 bits per heavy atom. The molecule has 6 nitrogen and oxygen atoms in total. The van der Waals surface area contributed by atoms with E-state index in [4.69, 9.17) is 19.9 Å². The summed E-state index contributed by atoms with van der Waals surface area (Å²) in [5.41, 5.74) is 8.25. The van der Waals surface area contributed by atoms with Crippen LogP contribution in [-0.4, -0.2) is 19.2 Å². The van der Waals surface area contributed by atoms with Gasteiger partial charge in [0.05, 0.1) is 24.7 Å². The number of hydrogen-bond acceptors (Lipinski definition) is 6. The Kier molecular flexibility index (Phi) is 4.17. The summed E-state index contributed by atoms with van der Waals surface area (Å²) in [6.45, 7) is 4.25. The molecule has 1 atom stereocenters. The number of esters is 1. The monoisotopic (exact) mass is 326 g/mol. The van der Waals surface area contributed by atoms with Crippen molar-refractivity contribution in [1.82, 2.24) is 0 Å². The summed E-state index contributed by atoms with van der Waals surface area (Å²) in [4.78, 5) is 12.4. The van der Waals surface area contributed by atoms with E-state index in [0.717, 1.165) is 23.3 Å². The molecule has 24 heavy (non-hydrogen) atoms. The molecule has 0 radical (unpaired) electrons. The first kappa shape index (κ1) is 15.9. The zero-order chi connectivity index (χ0) is 17.3. The number of allylic oxidation sites excluding steroid dienone is 2. The van der Waals surface area contributed by atoms with Crippen molar-refractivity contribution in [3.63, 3.8) is 0 Å². The van der Waals surface area contributed by atoms with Gasteiger partial charge in [-0.1, -0.05) is 12.1 Å². The predicted molar refractivity (Wildman–Crippen MR) is 85.6 cm³/mol. The number of carbonyl (C=O) groups is 1. The minimum atomic E-state index is -0.603. The van der Waals surface area contributed by atoms with Crippen molar-refractivity contribution >= 4 is 5.97 Å². The molecule has 0 bridgehead atoms. The molecule has 0 fully saturated rings. The van der Waals surface area contributed by atoms with Crippen molar-refractivity contribution in [3.05, 3.63) is 52.1 Å². The molecule has 124 valence electrons. The van der Waals surface area contributed by atoms with Crippen LogP contribution >= 0.6 is 0 Å². The van der Waals surface area contributed by atoms with Gasteiger partial charge < -0.3 is 19.9 Å². The van der Waals surface area contributed by atoms with Gasteiger partial charge in [-0.15, -0.1) is 0 Å². The number of carbonyl (C=O) groups excluding carboxylic acids is 1. The Labute approximate surface area is 140 Å². The molecular formula is C18H18N2O4. The number of nitrogens with zero attached hydrogens (tertiary/aromatic N) is 1. The van der Waals surface area contributed by atoms with Crippen molar-refractivity contribution in [1.29, 1.82) is 5.26 Å². The van der Waals surface area contributed by atoms with Crippen LogP contribution < -0.4 is 10.5 Å². The smallest absolute Gasteiger partial charge is 0.338 e. The zero-order valence-electron chi connectivity index (χ0n) is 13.6.